The van der Waals surface area contributed by atoms with Gasteiger partial charge in [0.2, 0.25) is 0 Å². The Hall–Kier alpha value is -2.28. The van der Waals surface area contributed by atoms with E-state index in [-0.39, 0.29) is 17.6 Å². The van der Waals surface area contributed by atoms with Gasteiger partial charge in [-0.05, 0) is 43.7 Å². The predicted octanol–water partition coefficient (Wildman–Crippen LogP) is 3.71. The van der Waals surface area contributed by atoms with Gasteiger partial charge < -0.3 is 9.47 Å². The van der Waals surface area contributed by atoms with Gasteiger partial charge in [0.25, 0.3) is 11.1 Å². The minimum absolute atomic E-state index is 0.257. The zero-order valence-corrected chi connectivity index (χ0v) is 16.2. The second-order valence-corrected chi connectivity index (χ2v) is 7.54. The van der Waals surface area contributed by atoms with Gasteiger partial charge in [0.15, 0.2) is 0 Å². The Morgan fingerprint density at radius 2 is 1.88 bits per heavy atom. The van der Waals surface area contributed by atoms with Crippen molar-refractivity contribution >= 4 is 35.0 Å². The molecule has 1 aromatic rings. The largest absolute Gasteiger partial charge is 0.493 e. The Morgan fingerprint density at radius 3 is 2.54 bits per heavy atom. The number of thioether (sulfide) groups is 1. The molecule has 7 heteroatoms. The Morgan fingerprint density at radius 1 is 1.19 bits per heavy atom. The van der Waals surface area contributed by atoms with Crippen LogP contribution >= 0.6 is 11.8 Å². The molecule has 6 nitrogen and oxygen atoms in total. The summed E-state index contributed by atoms with van der Waals surface area (Å²) in [6.07, 6.45) is 1.32. The fraction of sp³-hybridized carbons (Fsp3) is 0.421. The van der Waals surface area contributed by atoms with Crippen LogP contribution in [0.1, 0.15) is 33.3 Å². The molecule has 1 aromatic carbocycles. The van der Waals surface area contributed by atoms with Crippen LogP contribution in [0.25, 0.3) is 6.08 Å². The second-order valence-electron chi connectivity index (χ2n) is 6.55. The summed E-state index contributed by atoms with van der Waals surface area (Å²) in [5.74, 6) is -0.0990. The van der Waals surface area contributed by atoms with Crippen molar-refractivity contribution in [3.8, 4) is 5.75 Å². The molecular formula is C19H23NO5S. The number of esters is 1. The minimum atomic E-state index is -0.607. The first-order valence-electron chi connectivity index (χ1n) is 8.44. The number of benzene rings is 1. The van der Waals surface area contributed by atoms with Crippen LogP contribution in [0.15, 0.2) is 29.2 Å². The molecule has 1 saturated heterocycles. The lowest BCUT2D eigenvalue weighted by atomic mass is 10.1. The van der Waals surface area contributed by atoms with Crippen molar-refractivity contribution in [2.24, 2.45) is 5.92 Å². The molecule has 1 heterocycles. The molecule has 0 radical (unpaired) electrons. The highest BCUT2D eigenvalue weighted by atomic mass is 32.2. The van der Waals surface area contributed by atoms with E-state index in [4.69, 9.17) is 9.47 Å². The van der Waals surface area contributed by atoms with Crippen molar-refractivity contribution in [2.45, 2.75) is 33.8 Å². The van der Waals surface area contributed by atoms with E-state index < -0.39 is 17.1 Å². The molecule has 0 aromatic heterocycles. The second kappa shape index (κ2) is 8.89. The van der Waals surface area contributed by atoms with E-state index in [2.05, 4.69) is 0 Å². The quantitative estimate of drug-likeness (QED) is 0.533. The molecule has 0 aliphatic carbocycles. The van der Waals surface area contributed by atoms with Gasteiger partial charge in [-0.3, -0.25) is 19.3 Å². The summed E-state index contributed by atoms with van der Waals surface area (Å²) >= 11 is 0.806. The fourth-order valence-corrected chi connectivity index (χ4v) is 3.02. The van der Waals surface area contributed by atoms with E-state index >= 15 is 0 Å². The van der Waals surface area contributed by atoms with E-state index in [1.54, 1.807) is 19.9 Å². The number of imide groups is 1. The number of ether oxygens (including phenoxy) is 2. The maximum absolute atomic E-state index is 12.5. The first kappa shape index (κ1) is 20.0. The van der Waals surface area contributed by atoms with Crippen LogP contribution in [0.4, 0.5) is 4.79 Å². The Labute approximate surface area is 157 Å². The van der Waals surface area contributed by atoms with Crippen molar-refractivity contribution in [3.05, 3.63) is 34.7 Å². The van der Waals surface area contributed by atoms with Gasteiger partial charge in [0.1, 0.15) is 12.3 Å². The Balaban J connectivity index is 2.16. The highest BCUT2D eigenvalue weighted by Crippen LogP contribution is 2.34. The summed E-state index contributed by atoms with van der Waals surface area (Å²) in [5.41, 5.74) is 0.711. The summed E-state index contributed by atoms with van der Waals surface area (Å²) in [4.78, 5) is 37.5. The normalized spacial score (nSPS) is 16.1. The number of carbonyl (C=O) groups is 3. The molecule has 0 atom stereocenters. The lowest BCUT2D eigenvalue weighted by Gasteiger charge is -2.13. The molecule has 26 heavy (non-hydrogen) atoms. The first-order valence-corrected chi connectivity index (χ1v) is 9.26. The van der Waals surface area contributed by atoms with Gasteiger partial charge >= 0.3 is 5.97 Å². The monoisotopic (exact) mass is 377 g/mol. The van der Waals surface area contributed by atoms with Crippen molar-refractivity contribution in [1.82, 2.24) is 4.90 Å². The van der Waals surface area contributed by atoms with Gasteiger partial charge in [-0.2, -0.15) is 0 Å². The van der Waals surface area contributed by atoms with Crippen LogP contribution in [-0.2, 0) is 14.3 Å². The fourth-order valence-electron chi connectivity index (χ4n) is 2.19. The summed E-state index contributed by atoms with van der Waals surface area (Å²) in [5, 5.41) is -0.484. The Bertz CT molecular complexity index is 726. The number of amides is 2. The molecule has 140 valence electrons. The third kappa shape index (κ3) is 5.36. The van der Waals surface area contributed by atoms with Crippen LogP contribution < -0.4 is 4.74 Å². The average molecular weight is 377 g/mol. The van der Waals surface area contributed by atoms with Crippen LogP contribution in [0.3, 0.4) is 0 Å². The van der Waals surface area contributed by atoms with Gasteiger partial charge in [0.05, 0.1) is 17.6 Å². The van der Waals surface area contributed by atoms with Gasteiger partial charge in [0, 0.05) is 5.56 Å². The summed E-state index contributed by atoms with van der Waals surface area (Å²) in [7, 11) is 0. The topological polar surface area (TPSA) is 72.9 Å². The van der Waals surface area contributed by atoms with Gasteiger partial charge in [-0.25, -0.2) is 0 Å². The van der Waals surface area contributed by atoms with Crippen LogP contribution in [0.2, 0.25) is 0 Å². The molecule has 0 unspecified atom stereocenters. The highest BCUT2D eigenvalue weighted by Gasteiger charge is 2.36. The lowest BCUT2D eigenvalue weighted by Crippen LogP contribution is -2.35. The van der Waals surface area contributed by atoms with Crippen molar-refractivity contribution in [2.75, 3.05) is 13.2 Å². The Kier molecular flexibility index (Phi) is 6.85. The molecule has 0 spiro atoms. The average Bonchev–Trinajstić information content (AvgIpc) is 2.81. The van der Waals surface area contributed by atoms with E-state index in [1.165, 1.54) is 0 Å². The molecule has 1 aliphatic rings. The van der Waals surface area contributed by atoms with Crippen molar-refractivity contribution < 1.29 is 23.9 Å². The van der Waals surface area contributed by atoms with E-state index in [1.807, 2.05) is 38.1 Å². The molecule has 2 amide bonds. The van der Waals surface area contributed by atoms with Gasteiger partial charge in [-0.1, -0.05) is 32.0 Å². The van der Waals surface area contributed by atoms with Crippen LogP contribution in [-0.4, -0.2) is 41.3 Å². The van der Waals surface area contributed by atoms with Crippen LogP contribution in [0, 0.1) is 5.92 Å². The molecule has 0 bridgehead atoms. The third-order valence-corrected chi connectivity index (χ3v) is 4.21. The number of carbonyl (C=O) groups excluding carboxylic acids is 3. The maximum atomic E-state index is 12.5. The van der Waals surface area contributed by atoms with Crippen LogP contribution in [0.5, 0.6) is 5.75 Å². The van der Waals surface area contributed by atoms with Crippen molar-refractivity contribution in [1.29, 1.82) is 0 Å². The summed E-state index contributed by atoms with van der Waals surface area (Å²) in [6.45, 7) is 7.67. The van der Waals surface area contributed by atoms with Crippen molar-refractivity contribution in [3.63, 3.8) is 0 Å². The lowest BCUT2D eigenvalue weighted by molar-refractivity contribution is -0.149. The number of nitrogens with zero attached hydrogens (tertiary/aromatic N) is 1. The molecule has 0 saturated carbocycles. The number of hydrogen-bond acceptors (Lipinski definition) is 6. The van der Waals surface area contributed by atoms with E-state index in [0.29, 0.717) is 23.8 Å². The third-order valence-electron chi connectivity index (χ3n) is 3.31. The standard InChI is InChI=1S/C19H23NO5S/c1-12(2)11-24-15-8-6-5-7-14(15)9-16-18(22)20(19(23)26-16)10-17(21)25-13(3)4/h5-9,12-13H,10-11H2,1-4H3/b16-9+. The number of rotatable bonds is 7. The molecule has 1 aliphatic heterocycles. The first-order chi connectivity index (χ1) is 12.3. The predicted molar refractivity (Wildman–Crippen MR) is 101 cm³/mol. The maximum Gasteiger partial charge on any atom is 0.326 e. The minimum Gasteiger partial charge on any atom is -0.493 e. The zero-order valence-electron chi connectivity index (χ0n) is 15.4. The number of para-hydroxylation sites is 1. The molecule has 1 fully saturated rings. The van der Waals surface area contributed by atoms with E-state index in [9.17, 15) is 14.4 Å². The SMILES string of the molecule is CC(C)COc1ccccc1/C=C1/SC(=O)N(CC(=O)OC(C)C)C1=O. The van der Waals surface area contributed by atoms with Gasteiger partial charge in [-0.15, -0.1) is 0 Å². The summed E-state index contributed by atoms with van der Waals surface area (Å²) < 4.78 is 10.8. The molecule has 0 N–H and O–H groups in total. The molecular weight excluding hydrogens is 354 g/mol. The summed E-state index contributed by atoms with van der Waals surface area (Å²) in [6, 6.07) is 7.31. The zero-order chi connectivity index (χ0) is 19.3. The molecule has 2 rings (SSSR count). The highest BCUT2D eigenvalue weighted by molar-refractivity contribution is 8.18. The van der Waals surface area contributed by atoms with E-state index in [0.717, 1.165) is 16.7 Å². The number of hydrogen-bond donors (Lipinski definition) is 0. The smallest absolute Gasteiger partial charge is 0.326 e.